The van der Waals surface area contributed by atoms with E-state index < -0.39 is 41.6 Å². The Hall–Kier alpha value is -4.15. The first-order valence-corrected chi connectivity index (χ1v) is 13.1. The second kappa shape index (κ2) is 13.1. The predicted molar refractivity (Wildman–Crippen MR) is 149 cm³/mol. The Bertz CT molecular complexity index is 1220. The fourth-order valence-electron chi connectivity index (χ4n) is 4.54. The van der Waals surface area contributed by atoms with Gasteiger partial charge in [0.15, 0.2) is 5.96 Å². The van der Waals surface area contributed by atoms with Crippen LogP contribution in [0.3, 0.4) is 0 Å². The van der Waals surface area contributed by atoms with Crippen LogP contribution < -0.4 is 22.1 Å². The summed E-state index contributed by atoms with van der Waals surface area (Å²) in [5.74, 6) is -0.888. The molecule has 1 aliphatic rings. The van der Waals surface area contributed by atoms with Crippen LogP contribution >= 0.6 is 0 Å². The van der Waals surface area contributed by atoms with E-state index in [2.05, 4.69) is 15.6 Å². The number of aliphatic imine (C=N–C) groups is 1. The second-order valence-corrected chi connectivity index (χ2v) is 10.6. The van der Waals surface area contributed by atoms with Crippen molar-refractivity contribution in [1.29, 1.82) is 0 Å². The van der Waals surface area contributed by atoms with Gasteiger partial charge in [0.1, 0.15) is 24.0 Å². The van der Waals surface area contributed by atoms with Gasteiger partial charge in [-0.25, -0.2) is 4.79 Å². The summed E-state index contributed by atoms with van der Waals surface area (Å²) in [7, 11) is 0. The zero-order chi connectivity index (χ0) is 28.6. The van der Waals surface area contributed by atoms with Gasteiger partial charge in [-0.2, -0.15) is 0 Å². The van der Waals surface area contributed by atoms with Gasteiger partial charge >= 0.3 is 6.09 Å². The first-order valence-electron chi connectivity index (χ1n) is 13.1. The van der Waals surface area contributed by atoms with Gasteiger partial charge in [0.05, 0.1) is 6.04 Å². The van der Waals surface area contributed by atoms with Crippen LogP contribution in [-0.2, 0) is 19.1 Å². The van der Waals surface area contributed by atoms with Crippen molar-refractivity contribution in [2.75, 3.05) is 13.1 Å². The number of nitrogens with zero attached hydrogens (tertiary/aromatic N) is 2. The van der Waals surface area contributed by atoms with Crippen molar-refractivity contribution in [3.63, 3.8) is 0 Å². The number of ether oxygens (including phenoxy) is 1. The highest BCUT2D eigenvalue weighted by molar-refractivity contribution is 5.94. The number of carbonyl (C=O) groups is 4. The lowest BCUT2D eigenvalue weighted by atomic mass is 10.0. The van der Waals surface area contributed by atoms with Crippen LogP contribution in [0.4, 0.5) is 4.79 Å². The van der Waals surface area contributed by atoms with Gasteiger partial charge in [0.25, 0.3) is 5.91 Å². The quantitative estimate of drug-likeness (QED) is 0.155. The van der Waals surface area contributed by atoms with Crippen molar-refractivity contribution in [2.45, 2.75) is 70.2 Å². The van der Waals surface area contributed by atoms with Crippen molar-refractivity contribution < 1.29 is 23.9 Å². The molecule has 1 fully saturated rings. The molecular formula is C28H38N6O5. The fraction of sp³-hybridized carbons (Fsp3) is 0.464. The number of hydrogen-bond acceptors (Lipinski definition) is 6. The number of guanidine groups is 1. The molecule has 2 aromatic rings. The topological polar surface area (TPSA) is 169 Å². The van der Waals surface area contributed by atoms with E-state index in [1.54, 1.807) is 26.8 Å². The van der Waals surface area contributed by atoms with E-state index in [9.17, 15) is 19.2 Å². The summed E-state index contributed by atoms with van der Waals surface area (Å²) in [4.78, 5) is 56.8. The van der Waals surface area contributed by atoms with Gasteiger partial charge < -0.3 is 36.5 Å². The van der Waals surface area contributed by atoms with Crippen molar-refractivity contribution in [3.8, 4) is 0 Å². The van der Waals surface area contributed by atoms with Gasteiger partial charge in [0, 0.05) is 13.1 Å². The number of nitrogens with one attached hydrogen (secondary N) is 2. The molecule has 0 spiro atoms. The summed E-state index contributed by atoms with van der Waals surface area (Å²) in [5, 5.41) is 7.34. The molecule has 210 valence electrons. The van der Waals surface area contributed by atoms with Crippen LogP contribution in [0.1, 0.15) is 58.1 Å². The van der Waals surface area contributed by atoms with Crippen molar-refractivity contribution in [1.82, 2.24) is 15.5 Å². The first kappa shape index (κ1) is 29.4. The number of rotatable bonds is 10. The standard InChI is InChI=1S/C28H38N6O5/c1-28(2,3)39-27(38)33-23(20-13-12-18-8-4-5-9-19(18)16-20)25(37)34-15-7-11-22(34)24(36)32-21(17-35)10-6-14-31-26(29)30/h4-5,8-9,12-13,16-17,21-23H,6-7,10-11,14-15H2,1-3H3,(H,32,36)(H,33,38)(H4,29,30,31)/t21-,22-,23+/m0/s1. The summed E-state index contributed by atoms with van der Waals surface area (Å²) in [6, 6.07) is 10.6. The number of fused-ring (bicyclic) bond motifs is 1. The Morgan fingerprint density at radius 2 is 1.85 bits per heavy atom. The van der Waals surface area contributed by atoms with Gasteiger partial charge in [0.2, 0.25) is 5.91 Å². The average Bonchev–Trinajstić information content (AvgIpc) is 3.37. The molecule has 3 amide bonds. The summed E-state index contributed by atoms with van der Waals surface area (Å²) in [5.41, 5.74) is 10.4. The first-order chi connectivity index (χ1) is 18.5. The molecule has 11 nitrogen and oxygen atoms in total. The molecule has 11 heteroatoms. The van der Waals surface area contributed by atoms with E-state index in [1.807, 2.05) is 36.4 Å². The van der Waals surface area contributed by atoms with E-state index in [4.69, 9.17) is 16.2 Å². The molecule has 0 aromatic heterocycles. The van der Waals surface area contributed by atoms with Crippen molar-refractivity contribution in [3.05, 3.63) is 48.0 Å². The van der Waals surface area contributed by atoms with E-state index in [-0.39, 0.29) is 5.96 Å². The van der Waals surface area contributed by atoms with Crippen molar-refractivity contribution in [2.24, 2.45) is 16.5 Å². The highest BCUT2D eigenvalue weighted by atomic mass is 16.6. The van der Waals surface area contributed by atoms with E-state index in [0.29, 0.717) is 50.6 Å². The minimum Gasteiger partial charge on any atom is -0.444 e. The van der Waals surface area contributed by atoms with E-state index in [0.717, 1.165) is 10.8 Å². The lowest BCUT2D eigenvalue weighted by Gasteiger charge is -2.30. The molecule has 0 radical (unpaired) electrons. The molecule has 0 unspecified atom stereocenters. The van der Waals surface area contributed by atoms with E-state index >= 15 is 0 Å². The Morgan fingerprint density at radius 3 is 2.51 bits per heavy atom. The van der Waals surface area contributed by atoms with Crippen LogP contribution in [0.15, 0.2) is 47.5 Å². The molecule has 3 atom stereocenters. The molecule has 1 saturated heterocycles. The van der Waals surface area contributed by atoms with Crippen molar-refractivity contribution >= 4 is 40.9 Å². The Labute approximate surface area is 228 Å². The number of aldehydes is 1. The SMILES string of the molecule is CC(C)(C)OC(=O)N[C@@H](C(=O)N1CCC[C@H]1C(=O)N[C@H](C=O)CCCN=C(N)N)c1ccc2ccccc2c1. The second-order valence-electron chi connectivity index (χ2n) is 10.6. The number of likely N-dealkylation sites (tertiary alicyclic amines) is 1. The third kappa shape index (κ3) is 8.42. The average molecular weight is 539 g/mol. The third-order valence-electron chi connectivity index (χ3n) is 6.31. The monoisotopic (exact) mass is 538 g/mol. The highest BCUT2D eigenvalue weighted by Gasteiger charge is 2.39. The molecule has 0 aliphatic carbocycles. The van der Waals surface area contributed by atoms with Crippen LogP contribution in [0.5, 0.6) is 0 Å². The third-order valence-corrected chi connectivity index (χ3v) is 6.31. The molecule has 0 bridgehead atoms. The number of hydrogen-bond donors (Lipinski definition) is 4. The fourth-order valence-corrected chi connectivity index (χ4v) is 4.54. The zero-order valence-corrected chi connectivity index (χ0v) is 22.7. The smallest absolute Gasteiger partial charge is 0.408 e. The Morgan fingerprint density at radius 1 is 1.13 bits per heavy atom. The van der Waals surface area contributed by atoms with Crippen LogP contribution in [0, 0.1) is 0 Å². The maximum atomic E-state index is 13.9. The summed E-state index contributed by atoms with van der Waals surface area (Å²) in [6.07, 6.45) is 1.82. The maximum absolute atomic E-state index is 13.9. The summed E-state index contributed by atoms with van der Waals surface area (Å²) < 4.78 is 5.43. The van der Waals surface area contributed by atoms with Crippen LogP contribution in [0.25, 0.3) is 10.8 Å². The molecule has 2 aromatic carbocycles. The molecular weight excluding hydrogens is 500 g/mol. The maximum Gasteiger partial charge on any atom is 0.408 e. The van der Waals surface area contributed by atoms with Crippen LogP contribution in [-0.4, -0.2) is 65.8 Å². The highest BCUT2D eigenvalue weighted by Crippen LogP contribution is 2.27. The number of alkyl carbamates (subject to hydrolysis) is 1. The number of benzene rings is 2. The Kier molecular flexibility index (Phi) is 9.86. The summed E-state index contributed by atoms with van der Waals surface area (Å²) in [6.45, 7) is 5.89. The molecule has 1 aliphatic heterocycles. The molecule has 6 N–H and O–H groups in total. The predicted octanol–water partition coefficient (Wildman–Crippen LogP) is 2.13. The van der Waals surface area contributed by atoms with E-state index in [1.165, 1.54) is 4.90 Å². The minimum absolute atomic E-state index is 0.0391. The lowest BCUT2D eigenvalue weighted by molar-refractivity contribution is -0.140. The minimum atomic E-state index is -1.07. The molecule has 1 heterocycles. The molecule has 0 saturated carbocycles. The van der Waals surface area contributed by atoms with Gasteiger partial charge in [-0.3, -0.25) is 14.6 Å². The molecule has 3 rings (SSSR count). The lowest BCUT2D eigenvalue weighted by Crippen LogP contribution is -2.52. The number of amides is 3. The van der Waals surface area contributed by atoms with Gasteiger partial charge in [-0.15, -0.1) is 0 Å². The number of carbonyl (C=O) groups excluding carboxylic acids is 4. The van der Waals surface area contributed by atoms with Gasteiger partial charge in [-0.05, 0) is 68.9 Å². The zero-order valence-electron chi connectivity index (χ0n) is 22.7. The molecule has 39 heavy (non-hydrogen) atoms. The number of nitrogens with two attached hydrogens (primary N) is 2. The Balaban J connectivity index is 1.80. The van der Waals surface area contributed by atoms with Gasteiger partial charge in [-0.1, -0.05) is 36.4 Å². The van der Waals surface area contributed by atoms with Crippen LogP contribution in [0.2, 0.25) is 0 Å². The normalized spacial score (nSPS) is 16.7. The summed E-state index contributed by atoms with van der Waals surface area (Å²) >= 11 is 0. The largest absolute Gasteiger partial charge is 0.444 e.